The van der Waals surface area contributed by atoms with Crippen LogP contribution in [0, 0.1) is 5.92 Å². The molecule has 2 fully saturated rings. The van der Waals surface area contributed by atoms with E-state index in [1.807, 2.05) is 36.4 Å². The van der Waals surface area contributed by atoms with E-state index in [0.29, 0.717) is 34.0 Å². The van der Waals surface area contributed by atoms with Crippen molar-refractivity contribution in [3.05, 3.63) is 83.9 Å². The number of benzene rings is 3. The second kappa shape index (κ2) is 9.35. The zero-order valence-electron chi connectivity index (χ0n) is 19.9. The number of hydroxylamine groups is 1. The lowest BCUT2D eigenvalue weighted by Crippen LogP contribution is -2.37. The van der Waals surface area contributed by atoms with E-state index in [9.17, 15) is 14.4 Å². The van der Waals surface area contributed by atoms with Crippen LogP contribution in [0.2, 0.25) is 0 Å². The molecular formula is C27H24N2O7. The molecule has 5 rings (SSSR count). The van der Waals surface area contributed by atoms with Gasteiger partial charge in [-0.25, -0.2) is 14.8 Å². The van der Waals surface area contributed by atoms with E-state index >= 15 is 0 Å². The lowest BCUT2D eigenvalue weighted by Gasteiger charge is -2.29. The van der Waals surface area contributed by atoms with Gasteiger partial charge in [0.1, 0.15) is 17.4 Å². The molecule has 0 bridgehead atoms. The molecule has 0 aliphatic carbocycles. The first kappa shape index (κ1) is 23.4. The smallest absolute Gasteiger partial charge is 0.337 e. The van der Waals surface area contributed by atoms with Crippen molar-refractivity contribution < 1.29 is 33.4 Å². The summed E-state index contributed by atoms with van der Waals surface area (Å²) in [5.74, 6) is -1.13. The molecule has 9 heteroatoms. The van der Waals surface area contributed by atoms with E-state index in [4.69, 9.17) is 19.0 Å². The Morgan fingerprint density at radius 2 is 1.56 bits per heavy atom. The monoisotopic (exact) mass is 488 g/mol. The number of imide groups is 1. The fraction of sp³-hybridized carbons (Fsp3) is 0.222. The van der Waals surface area contributed by atoms with Gasteiger partial charge in [0, 0.05) is 11.6 Å². The maximum Gasteiger partial charge on any atom is 0.337 e. The van der Waals surface area contributed by atoms with Crippen LogP contribution >= 0.6 is 0 Å². The number of esters is 1. The number of fused-ring (bicyclic) bond motifs is 1. The Hall–Kier alpha value is -4.37. The molecule has 3 aromatic carbocycles. The summed E-state index contributed by atoms with van der Waals surface area (Å²) in [6, 6.07) is 20.1. The number of hydrogen-bond donors (Lipinski definition) is 0. The molecule has 0 aromatic heterocycles. The molecule has 0 saturated carbocycles. The third kappa shape index (κ3) is 3.74. The summed E-state index contributed by atoms with van der Waals surface area (Å²) in [6.07, 6.45) is -1.03. The first-order valence-electron chi connectivity index (χ1n) is 11.3. The molecule has 2 amide bonds. The summed E-state index contributed by atoms with van der Waals surface area (Å²) < 4.78 is 15.7. The third-order valence-corrected chi connectivity index (χ3v) is 6.43. The zero-order valence-corrected chi connectivity index (χ0v) is 19.9. The van der Waals surface area contributed by atoms with Crippen LogP contribution < -0.4 is 19.4 Å². The van der Waals surface area contributed by atoms with Crippen LogP contribution in [0.1, 0.15) is 22.0 Å². The van der Waals surface area contributed by atoms with Crippen molar-refractivity contribution >= 4 is 29.2 Å². The van der Waals surface area contributed by atoms with E-state index in [1.165, 1.54) is 26.4 Å². The van der Waals surface area contributed by atoms with E-state index < -0.39 is 35.8 Å². The van der Waals surface area contributed by atoms with Crippen molar-refractivity contribution in [1.82, 2.24) is 0 Å². The summed E-state index contributed by atoms with van der Waals surface area (Å²) >= 11 is 0. The molecule has 2 saturated heterocycles. The van der Waals surface area contributed by atoms with Gasteiger partial charge in [0.15, 0.2) is 6.10 Å². The number of anilines is 2. The Morgan fingerprint density at radius 1 is 0.833 bits per heavy atom. The predicted octanol–water partition coefficient (Wildman–Crippen LogP) is 3.54. The number of ether oxygens (including phenoxy) is 3. The number of para-hydroxylation sites is 1. The Labute approximate surface area is 207 Å². The highest BCUT2D eigenvalue weighted by molar-refractivity contribution is 6.24. The number of nitrogens with zero attached hydrogens (tertiary/aromatic N) is 2. The number of hydrogen-bond acceptors (Lipinski definition) is 8. The van der Waals surface area contributed by atoms with Gasteiger partial charge >= 0.3 is 5.97 Å². The van der Waals surface area contributed by atoms with Crippen molar-refractivity contribution in [2.75, 3.05) is 31.3 Å². The average molecular weight is 488 g/mol. The van der Waals surface area contributed by atoms with E-state index in [2.05, 4.69) is 0 Å². The lowest BCUT2D eigenvalue weighted by atomic mass is 9.90. The van der Waals surface area contributed by atoms with Crippen molar-refractivity contribution in [2.45, 2.75) is 12.1 Å². The molecule has 3 atom stereocenters. The highest BCUT2D eigenvalue weighted by Gasteiger charge is 2.60. The van der Waals surface area contributed by atoms with Gasteiger partial charge in [-0.15, -0.1) is 0 Å². The summed E-state index contributed by atoms with van der Waals surface area (Å²) in [7, 11) is 4.38. The van der Waals surface area contributed by atoms with E-state index in [0.717, 1.165) is 4.90 Å². The van der Waals surface area contributed by atoms with Crippen LogP contribution in [0.5, 0.6) is 11.5 Å². The van der Waals surface area contributed by atoms with Gasteiger partial charge in [-0.05, 0) is 48.5 Å². The molecule has 0 N–H and O–H groups in total. The van der Waals surface area contributed by atoms with Gasteiger partial charge in [-0.3, -0.25) is 14.4 Å². The van der Waals surface area contributed by atoms with Gasteiger partial charge in [0.05, 0.1) is 44.3 Å². The van der Waals surface area contributed by atoms with Crippen molar-refractivity contribution in [2.24, 2.45) is 5.92 Å². The van der Waals surface area contributed by atoms with Gasteiger partial charge in [0.25, 0.3) is 5.91 Å². The molecular weight excluding hydrogens is 464 g/mol. The van der Waals surface area contributed by atoms with E-state index in [1.54, 1.807) is 36.4 Å². The minimum absolute atomic E-state index is 0.313. The second-order valence-electron chi connectivity index (χ2n) is 8.32. The number of carbonyl (C=O) groups excluding carboxylic acids is 3. The molecule has 2 aliphatic heterocycles. The topological polar surface area (TPSA) is 94.6 Å². The highest BCUT2D eigenvalue weighted by Crippen LogP contribution is 2.49. The Kier molecular flexibility index (Phi) is 6.07. The molecule has 0 radical (unpaired) electrons. The molecule has 9 nitrogen and oxygen atoms in total. The first-order valence-corrected chi connectivity index (χ1v) is 11.3. The fourth-order valence-electron chi connectivity index (χ4n) is 4.71. The van der Waals surface area contributed by atoms with Crippen LogP contribution in [-0.2, 0) is 19.2 Å². The quantitative estimate of drug-likeness (QED) is 0.384. The standard InChI is InChI=1S/C27H24N2O7/c1-33-19-13-14-20(21(15-19)34-2)23-22-24(36-29(23)18-7-5-4-6-8-18)26(31)28(25(22)30)17-11-9-16(10-12-17)27(32)35-3/h4-15,22-24H,1-3H3/t22-,23-,24+/m0/s1. The maximum absolute atomic E-state index is 13.8. The molecule has 2 aliphatic rings. The van der Waals surface area contributed by atoms with Crippen molar-refractivity contribution in [3.8, 4) is 11.5 Å². The summed E-state index contributed by atoms with van der Waals surface area (Å²) in [6.45, 7) is 0. The fourth-order valence-corrected chi connectivity index (χ4v) is 4.71. The summed E-state index contributed by atoms with van der Waals surface area (Å²) in [4.78, 5) is 46.4. The molecule has 0 unspecified atom stereocenters. The molecule has 184 valence electrons. The normalized spacial score (nSPS) is 20.9. The average Bonchev–Trinajstić information content (AvgIpc) is 3.43. The van der Waals surface area contributed by atoms with Gasteiger partial charge in [0.2, 0.25) is 5.91 Å². The predicted molar refractivity (Wildman–Crippen MR) is 130 cm³/mol. The van der Waals surface area contributed by atoms with Gasteiger partial charge in [-0.1, -0.05) is 18.2 Å². The summed E-state index contributed by atoms with van der Waals surface area (Å²) in [5, 5.41) is 1.60. The number of amides is 2. The number of rotatable bonds is 6. The summed E-state index contributed by atoms with van der Waals surface area (Å²) in [5.41, 5.74) is 2.04. The SMILES string of the molecule is COC(=O)c1ccc(N2C(=O)[C@@H]3[C@@H](ON(c4ccccc4)[C@H]3c3ccc(OC)cc3OC)C2=O)cc1. The number of carbonyl (C=O) groups is 3. The van der Waals surface area contributed by atoms with Crippen LogP contribution in [0.25, 0.3) is 0 Å². The van der Waals surface area contributed by atoms with E-state index in [-0.39, 0.29) is 0 Å². The number of methoxy groups -OCH3 is 3. The van der Waals surface area contributed by atoms with Crippen LogP contribution in [0.15, 0.2) is 72.8 Å². The highest BCUT2D eigenvalue weighted by atomic mass is 16.7. The molecule has 36 heavy (non-hydrogen) atoms. The Bertz CT molecular complexity index is 1310. The second-order valence-corrected chi connectivity index (χ2v) is 8.32. The first-order chi connectivity index (χ1) is 17.5. The Morgan fingerprint density at radius 3 is 2.19 bits per heavy atom. The van der Waals surface area contributed by atoms with Crippen molar-refractivity contribution in [1.29, 1.82) is 0 Å². The van der Waals surface area contributed by atoms with Crippen LogP contribution in [0.4, 0.5) is 11.4 Å². The van der Waals surface area contributed by atoms with Gasteiger partial charge in [-0.2, -0.15) is 0 Å². The largest absolute Gasteiger partial charge is 0.497 e. The minimum Gasteiger partial charge on any atom is -0.497 e. The molecule has 0 spiro atoms. The molecule has 2 heterocycles. The Balaban J connectivity index is 1.57. The van der Waals surface area contributed by atoms with Crippen LogP contribution in [0.3, 0.4) is 0 Å². The minimum atomic E-state index is -1.03. The molecule has 3 aromatic rings. The maximum atomic E-state index is 13.8. The third-order valence-electron chi connectivity index (χ3n) is 6.43. The zero-order chi connectivity index (χ0) is 25.4. The van der Waals surface area contributed by atoms with Gasteiger partial charge < -0.3 is 14.2 Å². The van der Waals surface area contributed by atoms with Crippen LogP contribution in [-0.4, -0.2) is 45.2 Å². The van der Waals surface area contributed by atoms with Crippen molar-refractivity contribution in [3.63, 3.8) is 0 Å². The lowest BCUT2D eigenvalue weighted by molar-refractivity contribution is -0.126.